The first kappa shape index (κ1) is 23.6. The summed E-state index contributed by atoms with van der Waals surface area (Å²) in [6.45, 7) is 3.44. The van der Waals surface area contributed by atoms with E-state index in [1.165, 1.54) is 19.9 Å². The van der Waals surface area contributed by atoms with E-state index >= 15 is 0 Å². The van der Waals surface area contributed by atoms with Crippen molar-refractivity contribution in [2.24, 2.45) is 5.92 Å². The van der Waals surface area contributed by atoms with E-state index in [1.54, 1.807) is 29.2 Å². The fourth-order valence-corrected chi connectivity index (χ4v) is 5.80. The van der Waals surface area contributed by atoms with Crippen LogP contribution in [0.1, 0.15) is 37.8 Å². The van der Waals surface area contributed by atoms with Crippen molar-refractivity contribution in [1.82, 2.24) is 4.90 Å². The lowest BCUT2D eigenvalue weighted by Crippen LogP contribution is -2.50. The highest BCUT2D eigenvalue weighted by Gasteiger charge is 2.46. The van der Waals surface area contributed by atoms with Crippen LogP contribution in [-0.2, 0) is 27.4 Å². The third-order valence-electron chi connectivity index (χ3n) is 5.97. The van der Waals surface area contributed by atoms with Crippen LogP contribution in [0.15, 0.2) is 53.4 Å². The molecule has 2 aromatic carbocycles. The van der Waals surface area contributed by atoms with Gasteiger partial charge in [-0.3, -0.25) is 4.79 Å². The molecule has 3 rings (SSSR count). The molecule has 1 saturated heterocycles. The maximum absolute atomic E-state index is 13.3. The van der Waals surface area contributed by atoms with Crippen molar-refractivity contribution in [3.8, 4) is 0 Å². The molecule has 0 radical (unpaired) electrons. The van der Waals surface area contributed by atoms with Gasteiger partial charge in [0.2, 0.25) is 5.91 Å². The Balaban J connectivity index is 1.88. The first-order valence-electron chi connectivity index (χ1n) is 9.77. The number of carbonyl (C=O) groups is 1. The SMILES string of the molecule is CC(C)([C@@H]1CCC(=O)N(Cc2ccccc2Cl)C1)S(=O)(=O)c1cccc(C(F)(F)F)c1. The van der Waals surface area contributed by atoms with Gasteiger partial charge in [0, 0.05) is 24.5 Å². The van der Waals surface area contributed by atoms with E-state index in [0.717, 1.165) is 17.7 Å². The zero-order valence-corrected chi connectivity index (χ0v) is 18.7. The van der Waals surface area contributed by atoms with Crippen LogP contribution in [0.3, 0.4) is 0 Å². The van der Waals surface area contributed by atoms with Gasteiger partial charge in [0.1, 0.15) is 0 Å². The number of carbonyl (C=O) groups excluding carboxylic acids is 1. The fraction of sp³-hybridized carbons (Fsp3) is 0.409. The van der Waals surface area contributed by atoms with Gasteiger partial charge in [-0.1, -0.05) is 35.9 Å². The van der Waals surface area contributed by atoms with Crippen LogP contribution in [0, 0.1) is 5.92 Å². The zero-order valence-electron chi connectivity index (χ0n) is 17.1. The summed E-state index contributed by atoms with van der Waals surface area (Å²) in [5, 5.41) is 0.508. The van der Waals surface area contributed by atoms with Gasteiger partial charge in [0.25, 0.3) is 0 Å². The summed E-state index contributed by atoms with van der Waals surface area (Å²) in [5.41, 5.74) is -0.264. The minimum atomic E-state index is -4.64. The third kappa shape index (κ3) is 4.75. The predicted octanol–water partition coefficient (Wildman–Crippen LogP) is 5.35. The number of nitrogens with zero attached hydrogens (tertiary/aromatic N) is 1. The molecule has 2 aromatic rings. The van der Waals surface area contributed by atoms with Crippen LogP contribution >= 0.6 is 11.6 Å². The lowest BCUT2D eigenvalue weighted by molar-refractivity contribution is -0.138. The molecule has 9 heteroatoms. The van der Waals surface area contributed by atoms with Gasteiger partial charge in [-0.15, -0.1) is 0 Å². The summed E-state index contributed by atoms with van der Waals surface area (Å²) in [7, 11) is -4.11. The van der Waals surface area contributed by atoms with E-state index in [2.05, 4.69) is 0 Å². The topological polar surface area (TPSA) is 54.5 Å². The Labute approximate surface area is 184 Å². The quantitative estimate of drug-likeness (QED) is 0.588. The molecule has 1 atom stereocenters. The second-order valence-electron chi connectivity index (χ2n) is 8.23. The van der Waals surface area contributed by atoms with Gasteiger partial charge in [0.15, 0.2) is 9.84 Å². The van der Waals surface area contributed by atoms with Crippen LogP contribution in [0.4, 0.5) is 13.2 Å². The molecule has 0 aliphatic carbocycles. The number of amides is 1. The lowest BCUT2D eigenvalue weighted by atomic mass is 9.86. The first-order valence-corrected chi connectivity index (χ1v) is 11.6. The molecule has 1 fully saturated rings. The van der Waals surface area contributed by atoms with E-state index in [-0.39, 0.29) is 30.3 Å². The smallest absolute Gasteiger partial charge is 0.338 e. The number of hydrogen-bond acceptors (Lipinski definition) is 3. The third-order valence-corrected chi connectivity index (χ3v) is 8.93. The molecule has 1 heterocycles. The van der Waals surface area contributed by atoms with Crippen LogP contribution in [0.5, 0.6) is 0 Å². The van der Waals surface area contributed by atoms with Crippen LogP contribution in [0.25, 0.3) is 0 Å². The Hall–Kier alpha value is -2.06. The summed E-state index contributed by atoms with van der Waals surface area (Å²) >= 11 is 6.20. The van der Waals surface area contributed by atoms with Crippen molar-refractivity contribution in [3.05, 3.63) is 64.7 Å². The second-order valence-corrected chi connectivity index (χ2v) is 11.2. The highest BCUT2D eigenvalue weighted by atomic mass is 35.5. The Morgan fingerprint density at radius 1 is 1.10 bits per heavy atom. The van der Waals surface area contributed by atoms with Gasteiger partial charge in [-0.25, -0.2) is 8.42 Å². The minimum absolute atomic E-state index is 0.108. The molecular weight excluding hydrogens is 451 g/mol. The van der Waals surface area contributed by atoms with E-state index in [4.69, 9.17) is 11.6 Å². The summed E-state index contributed by atoms with van der Waals surface area (Å²) in [5.74, 6) is -0.560. The molecule has 0 aromatic heterocycles. The van der Waals surface area contributed by atoms with Crippen LogP contribution in [-0.4, -0.2) is 30.5 Å². The Morgan fingerprint density at radius 3 is 2.42 bits per heavy atom. The van der Waals surface area contributed by atoms with E-state index in [1.807, 2.05) is 0 Å². The monoisotopic (exact) mass is 473 g/mol. The van der Waals surface area contributed by atoms with Crippen molar-refractivity contribution in [2.45, 2.75) is 49.1 Å². The van der Waals surface area contributed by atoms with Crippen molar-refractivity contribution in [3.63, 3.8) is 0 Å². The predicted molar refractivity (Wildman–Crippen MR) is 112 cm³/mol. The van der Waals surface area contributed by atoms with Crippen LogP contribution < -0.4 is 0 Å². The molecule has 0 unspecified atom stereocenters. The van der Waals surface area contributed by atoms with Gasteiger partial charge in [-0.2, -0.15) is 13.2 Å². The van der Waals surface area contributed by atoms with E-state index in [0.29, 0.717) is 17.5 Å². The highest BCUT2D eigenvalue weighted by Crippen LogP contribution is 2.39. The number of piperidine rings is 1. The minimum Gasteiger partial charge on any atom is -0.338 e. The fourth-order valence-electron chi connectivity index (χ4n) is 3.83. The van der Waals surface area contributed by atoms with Crippen molar-refractivity contribution in [1.29, 1.82) is 0 Å². The molecule has 0 spiro atoms. The van der Waals surface area contributed by atoms with Gasteiger partial charge in [-0.05, 0) is 56.0 Å². The highest BCUT2D eigenvalue weighted by molar-refractivity contribution is 7.92. The standard InChI is InChI=1S/C22H23ClF3NO3S/c1-21(2,31(29,30)18-8-5-7-16(12-18)22(24,25)26)17-10-11-20(28)27(14-17)13-15-6-3-4-9-19(15)23/h3-9,12,17H,10-11,13-14H2,1-2H3/t17-/m1/s1. The second kappa shape index (κ2) is 8.47. The van der Waals surface area contributed by atoms with Crippen LogP contribution in [0.2, 0.25) is 5.02 Å². The van der Waals surface area contributed by atoms with Crippen molar-refractivity contribution in [2.75, 3.05) is 6.54 Å². The maximum atomic E-state index is 13.3. The Morgan fingerprint density at radius 2 is 1.77 bits per heavy atom. The first-order chi connectivity index (χ1) is 14.3. The normalized spacial score (nSPS) is 18.3. The number of sulfone groups is 1. The largest absolute Gasteiger partial charge is 0.416 e. The number of alkyl halides is 3. The Kier molecular flexibility index (Phi) is 6.45. The number of rotatable bonds is 5. The molecule has 168 valence electrons. The molecule has 31 heavy (non-hydrogen) atoms. The van der Waals surface area contributed by atoms with E-state index < -0.39 is 32.2 Å². The molecular formula is C22H23ClF3NO3S. The molecule has 0 saturated carbocycles. The molecule has 0 bridgehead atoms. The molecule has 0 N–H and O–H groups in total. The molecule has 4 nitrogen and oxygen atoms in total. The van der Waals surface area contributed by atoms with Gasteiger partial charge < -0.3 is 4.90 Å². The number of benzene rings is 2. The van der Waals surface area contributed by atoms with E-state index in [9.17, 15) is 26.4 Å². The van der Waals surface area contributed by atoms with Crippen molar-refractivity contribution < 1.29 is 26.4 Å². The number of hydrogen-bond donors (Lipinski definition) is 0. The van der Waals surface area contributed by atoms with Gasteiger partial charge >= 0.3 is 6.18 Å². The average molecular weight is 474 g/mol. The summed E-state index contributed by atoms with van der Waals surface area (Å²) < 4.78 is 64.6. The average Bonchev–Trinajstić information content (AvgIpc) is 2.70. The van der Waals surface area contributed by atoms with Gasteiger partial charge in [0.05, 0.1) is 15.2 Å². The Bertz CT molecular complexity index is 1080. The summed E-state index contributed by atoms with van der Waals surface area (Å²) in [6, 6.07) is 10.9. The summed E-state index contributed by atoms with van der Waals surface area (Å²) in [6.07, 6.45) is -4.14. The molecule has 1 aliphatic rings. The summed E-state index contributed by atoms with van der Waals surface area (Å²) in [4.78, 5) is 13.7. The van der Waals surface area contributed by atoms with Crippen molar-refractivity contribution >= 4 is 27.3 Å². The number of likely N-dealkylation sites (tertiary alicyclic amines) is 1. The maximum Gasteiger partial charge on any atom is 0.416 e. The zero-order chi connectivity index (χ0) is 23.0. The molecule has 1 amide bonds. The number of halogens is 4. The lowest BCUT2D eigenvalue weighted by Gasteiger charge is -2.41. The molecule has 1 aliphatic heterocycles.